The number of anilines is 2. The van der Waals surface area contributed by atoms with E-state index >= 15 is 0 Å². The number of likely N-dealkylation sites (tertiary alicyclic amines) is 1. The highest BCUT2D eigenvalue weighted by atomic mass is 16.6. The molecule has 128 valence electrons. The first kappa shape index (κ1) is 17.2. The van der Waals surface area contributed by atoms with Crippen molar-refractivity contribution in [1.82, 2.24) is 20.1 Å². The number of aromatic nitrogens is 3. The molecule has 23 heavy (non-hydrogen) atoms. The summed E-state index contributed by atoms with van der Waals surface area (Å²) < 4.78 is 5.03. The number of amides is 1. The fraction of sp³-hybridized carbons (Fsp3) is 0.733. The van der Waals surface area contributed by atoms with Crippen LogP contribution in [0.3, 0.4) is 0 Å². The fourth-order valence-corrected chi connectivity index (χ4v) is 2.66. The average molecular weight is 322 g/mol. The van der Waals surface area contributed by atoms with Crippen molar-refractivity contribution in [2.24, 2.45) is 0 Å². The lowest BCUT2D eigenvalue weighted by Gasteiger charge is -2.31. The van der Waals surface area contributed by atoms with Crippen molar-refractivity contribution in [2.45, 2.75) is 39.7 Å². The Morgan fingerprint density at radius 1 is 1.35 bits per heavy atom. The molecule has 1 saturated heterocycles. The van der Waals surface area contributed by atoms with Crippen LogP contribution in [0.2, 0.25) is 0 Å². The minimum absolute atomic E-state index is 0.229. The zero-order valence-corrected chi connectivity index (χ0v) is 14.2. The maximum absolute atomic E-state index is 11.7. The summed E-state index contributed by atoms with van der Waals surface area (Å²) in [6.45, 7) is 9.53. The highest BCUT2D eigenvalue weighted by molar-refractivity contribution is 5.67. The molecular formula is C15H26N6O2. The summed E-state index contributed by atoms with van der Waals surface area (Å²) in [5, 5.41) is 11.4. The standard InChI is InChI=1S/C15H26N6O2/c1-4-20(5-2)13-11-16-19-14(18-13)17-12-7-9-21(10-8-12)15(22)23-6-3/h11-12H,4-10H2,1-3H3,(H,17,18,19). The van der Waals surface area contributed by atoms with E-state index in [2.05, 4.69) is 39.2 Å². The van der Waals surface area contributed by atoms with E-state index < -0.39 is 0 Å². The van der Waals surface area contributed by atoms with Gasteiger partial charge >= 0.3 is 6.09 Å². The molecule has 0 spiro atoms. The van der Waals surface area contributed by atoms with E-state index in [-0.39, 0.29) is 12.1 Å². The minimum Gasteiger partial charge on any atom is -0.450 e. The highest BCUT2D eigenvalue weighted by Gasteiger charge is 2.24. The van der Waals surface area contributed by atoms with Gasteiger partial charge in [-0.3, -0.25) is 0 Å². The second-order valence-corrected chi connectivity index (χ2v) is 5.42. The van der Waals surface area contributed by atoms with E-state index in [1.54, 1.807) is 11.1 Å². The lowest BCUT2D eigenvalue weighted by molar-refractivity contribution is 0.0983. The van der Waals surface area contributed by atoms with Crippen molar-refractivity contribution in [3.63, 3.8) is 0 Å². The van der Waals surface area contributed by atoms with Crippen molar-refractivity contribution < 1.29 is 9.53 Å². The number of carbonyl (C=O) groups is 1. The predicted molar refractivity (Wildman–Crippen MR) is 88.6 cm³/mol. The number of hydrogen-bond donors (Lipinski definition) is 1. The van der Waals surface area contributed by atoms with E-state index in [1.165, 1.54) is 0 Å². The maximum atomic E-state index is 11.7. The summed E-state index contributed by atoms with van der Waals surface area (Å²) in [6.07, 6.45) is 3.14. The number of nitrogens with one attached hydrogen (secondary N) is 1. The van der Waals surface area contributed by atoms with E-state index in [4.69, 9.17) is 4.74 Å². The number of carbonyl (C=O) groups excluding carboxylic acids is 1. The van der Waals surface area contributed by atoms with Crippen LogP contribution in [0.1, 0.15) is 33.6 Å². The van der Waals surface area contributed by atoms with Gasteiger partial charge in [-0.2, -0.15) is 10.1 Å². The molecule has 0 atom stereocenters. The Bertz CT molecular complexity index is 500. The molecular weight excluding hydrogens is 296 g/mol. The second kappa shape index (κ2) is 8.50. The number of rotatable bonds is 6. The Kier molecular flexibility index (Phi) is 6.37. The van der Waals surface area contributed by atoms with Crippen LogP contribution in [0.25, 0.3) is 0 Å². The molecule has 1 fully saturated rings. The largest absolute Gasteiger partial charge is 0.450 e. The second-order valence-electron chi connectivity index (χ2n) is 5.42. The molecule has 2 rings (SSSR count). The van der Waals surface area contributed by atoms with Gasteiger partial charge in [0, 0.05) is 32.2 Å². The van der Waals surface area contributed by atoms with Gasteiger partial charge < -0.3 is 19.9 Å². The van der Waals surface area contributed by atoms with Crippen LogP contribution >= 0.6 is 0 Å². The SMILES string of the molecule is CCOC(=O)N1CCC(Nc2nncc(N(CC)CC)n2)CC1. The molecule has 0 aliphatic carbocycles. The molecule has 0 aromatic carbocycles. The summed E-state index contributed by atoms with van der Waals surface area (Å²) in [5.74, 6) is 1.38. The van der Waals surface area contributed by atoms with Gasteiger partial charge in [-0.1, -0.05) is 0 Å². The van der Waals surface area contributed by atoms with Gasteiger partial charge in [-0.25, -0.2) is 4.79 Å². The van der Waals surface area contributed by atoms with Crippen molar-refractivity contribution in [3.05, 3.63) is 6.20 Å². The number of hydrogen-bond acceptors (Lipinski definition) is 7. The molecule has 1 aromatic heterocycles. The molecule has 8 heteroatoms. The highest BCUT2D eigenvalue weighted by Crippen LogP contribution is 2.16. The summed E-state index contributed by atoms with van der Waals surface area (Å²) in [7, 11) is 0. The normalized spacial score (nSPS) is 15.3. The van der Waals surface area contributed by atoms with Gasteiger partial charge in [0.15, 0.2) is 5.82 Å². The lowest BCUT2D eigenvalue weighted by atomic mass is 10.1. The van der Waals surface area contributed by atoms with Crippen LogP contribution in [0.4, 0.5) is 16.6 Å². The maximum Gasteiger partial charge on any atom is 0.409 e. The van der Waals surface area contributed by atoms with Crippen LogP contribution in [0, 0.1) is 0 Å². The Morgan fingerprint density at radius 2 is 2.04 bits per heavy atom. The third kappa shape index (κ3) is 4.67. The summed E-state index contributed by atoms with van der Waals surface area (Å²) in [6, 6.07) is 0.245. The van der Waals surface area contributed by atoms with Crippen LogP contribution in [0.15, 0.2) is 6.20 Å². The van der Waals surface area contributed by atoms with Gasteiger partial charge in [-0.05, 0) is 33.6 Å². The molecule has 0 radical (unpaired) electrons. The zero-order chi connectivity index (χ0) is 16.7. The molecule has 0 saturated carbocycles. The Labute approximate surface area is 137 Å². The molecule has 2 heterocycles. The number of piperidine rings is 1. The molecule has 8 nitrogen and oxygen atoms in total. The van der Waals surface area contributed by atoms with E-state index in [1.807, 2.05) is 6.92 Å². The lowest BCUT2D eigenvalue weighted by Crippen LogP contribution is -2.42. The molecule has 0 unspecified atom stereocenters. The average Bonchev–Trinajstić information content (AvgIpc) is 2.57. The molecule has 1 N–H and O–H groups in total. The van der Waals surface area contributed by atoms with Gasteiger partial charge in [-0.15, -0.1) is 5.10 Å². The smallest absolute Gasteiger partial charge is 0.409 e. The number of ether oxygens (including phenoxy) is 1. The van der Waals surface area contributed by atoms with Crippen LogP contribution in [-0.2, 0) is 4.74 Å². The van der Waals surface area contributed by atoms with Gasteiger partial charge in [0.25, 0.3) is 0 Å². The van der Waals surface area contributed by atoms with Crippen molar-refractivity contribution >= 4 is 17.9 Å². The Hall–Kier alpha value is -2.12. The van der Waals surface area contributed by atoms with E-state index in [0.717, 1.165) is 31.7 Å². The Balaban J connectivity index is 1.89. The Morgan fingerprint density at radius 3 is 2.65 bits per heavy atom. The molecule has 0 bridgehead atoms. The monoisotopic (exact) mass is 322 g/mol. The molecule has 1 aliphatic heterocycles. The first-order chi connectivity index (χ1) is 11.2. The van der Waals surface area contributed by atoms with Gasteiger partial charge in [0.1, 0.15) is 0 Å². The van der Waals surface area contributed by atoms with Crippen molar-refractivity contribution in [3.8, 4) is 0 Å². The zero-order valence-electron chi connectivity index (χ0n) is 14.2. The summed E-state index contributed by atoms with van der Waals surface area (Å²) >= 11 is 0. The summed E-state index contributed by atoms with van der Waals surface area (Å²) in [5.41, 5.74) is 0. The van der Waals surface area contributed by atoms with Crippen LogP contribution < -0.4 is 10.2 Å². The van der Waals surface area contributed by atoms with Gasteiger partial charge in [0.05, 0.1) is 12.8 Å². The molecule has 1 aliphatic rings. The topological polar surface area (TPSA) is 83.5 Å². The fourth-order valence-electron chi connectivity index (χ4n) is 2.66. The minimum atomic E-state index is -0.229. The van der Waals surface area contributed by atoms with E-state index in [9.17, 15) is 4.79 Å². The van der Waals surface area contributed by atoms with Crippen LogP contribution in [-0.4, -0.2) is 65.0 Å². The van der Waals surface area contributed by atoms with E-state index in [0.29, 0.717) is 25.6 Å². The number of nitrogens with zero attached hydrogens (tertiary/aromatic N) is 5. The molecule has 1 aromatic rings. The third-order valence-corrected chi connectivity index (χ3v) is 3.99. The predicted octanol–water partition coefficient (Wildman–Crippen LogP) is 1.75. The molecule has 1 amide bonds. The van der Waals surface area contributed by atoms with Crippen molar-refractivity contribution in [2.75, 3.05) is 43.0 Å². The third-order valence-electron chi connectivity index (χ3n) is 3.99. The van der Waals surface area contributed by atoms with Gasteiger partial charge in [0.2, 0.25) is 5.95 Å². The van der Waals surface area contributed by atoms with Crippen LogP contribution in [0.5, 0.6) is 0 Å². The summed E-state index contributed by atoms with van der Waals surface area (Å²) in [4.78, 5) is 20.1. The quantitative estimate of drug-likeness (QED) is 0.854. The first-order valence-electron chi connectivity index (χ1n) is 8.30. The van der Waals surface area contributed by atoms with Crippen molar-refractivity contribution in [1.29, 1.82) is 0 Å². The first-order valence-corrected chi connectivity index (χ1v) is 8.30.